The highest BCUT2D eigenvalue weighted by Gasteiger charge is 2.29. The number of aliphatic carboxylic acids is 1. The number of ether oxygens (including phenoxy) is 1. The Hall–Kier alpha value is -3.34. The van der Waals surface area contributed by atoms with Gasteiger partial charge in [-0.25, -0.2) is 0 Å². The van der Waals surface area contributed by atoms with Gasteiger partial charge in [0.1, 0.15) is 5.75 Å². The summed E-state index contributed by atoms with van der Waals surface area (Å²) in [5, 5.41) is 15.8. The lowest BCUT2D eigenvalue weighted by Gasteiger charge is -2.23. The van der Waals surface area contributed by atoms with Crippen molar-refractivity contribution in [3.05, 3.63) is 102 Å². The lowest BCUT2D eigenvalue weighted by Crippen LogP contribution is -2.28. The highest BCUT2D eigenvalue weighted by molar-refractivity contribution is 5.97. The first-order valence-corrected chi connectivity index (χ1v) is 12.0. The molecule has 0 amide bonds. The van der Waals surface area contributed by atoms with Crippen molar-refractivity contribution in [2.45, 2.75) is 45.2 Å². The van der Waals surface area contributed by atoms with Gasteiger partial charge in [-0.3, -0.25) is 4.79 Å². The van der Waals surface area contributed by atoms with Crippen LogP contribution in [0.4, 0.5) is 0 Å². The third kappa shape index (κ3) is 5.56. The molecule has 2 atom stereocenters. The van der Waals surface area contributed by atoms with E-state index in [1.165, 1.54) is 11.1 Å². The molecule has 2 N–H and O–H groups in total. The molecule has 0 aliphatic rings. The van der Waals surface area contributed by atoms with Gasteiger partial charge in [-0.15, -0.1) is 12.4 Å². The van der Waals surface area contributed by atoms with E-state index in [1.54, 1.807) is 21.0 Å². The van der Waals surface area contributed by atoms with E-state index in [9.17, 15) is 9.90 Å². The summed E-state index contributed by atoms with van der Waals surface area (Å²) < 4.78 is 5.39. The highest BCUT2D eigenvalue weighted by Crippen LogP contribution is 2.35. The van der Waals surface area contributed by atoms with Gasteiger partial charge in [0.05, 0.1) is 12.5 Å². The molecule has 0 heterocycles. The smallest absolute Gasteiger partial charge is 0.313 e. The molecule has 0 aliphatic carbocycles. The van der Waals surface area contributed by atoms with Crippen LogP contribution in [0.15, 0.2) is 84.9 Å². The molecule has 0 saturated carbocycles. The van der Waals surface area contributed by atoms with Gasteiger partial charge in [0.15, 0.2) is 0 Å². The summed E-state index contributed by atoms with van der Waals surface area (Å²) in [5.41, 5.74) is 4.28. The lowest BCUT2D eigenvalue weighted by atomic mass is 9.83. The molecular weight excluding hydrogens is 470 g/mol. The van der Waals surface area contributed by atoms with Crippen molar-refractivity contribution in [2.75, 3.05) is 7.11 Å². The van der Waals surface area contributed by atoms with Crippen LogP contribution in [0, 0.1) is 0 Å². The second-order valence-corrected chi connectivity index (χ2v) is 9.69. The Morgan fingerprint density at radius 2 is 1.56 bits per heavy atom. The van der Waals surface area contributed by atoms with Crippen molar-refractivity contribution in [3.63, 3.8) is 0 Å². The van der Waals surface area contributed by atoms with E-state index in [0.717, 1.165) is 33.2 Å². The number of carboxylic acid groups (broad SMARTS) is 1. The van der Waals surface area contributed by atoms with E-state index in [1.807, 2.05) is 36.4 Å². The first kappa shape index (κ1) is 27.3. The van der Waals surface area contributed by atoms with E-state index in [4.69, 9.17) is 4.74 Å². The first-order valence-electron chi connectivity index (χ1n) is 12.0. The number of methoxy groups -OCH3 is 1. The molecule has 0 saturated heterocycles. The first-order chi connectivity index (χ1) is 16.7. The Bertz CT molecular complexity index is 1370. The zero-order chi connectivity index (χ0) is 25.2. The Balaban J connectivity index is 0.00000361. The van der Waals surface area contributed by atoms with Gasteiger partial charge >= 0.3 is 5.97 Å². The SMILES string of the molecule is COc1cccc([C@@H](C)NC(C)c2cc(-c3cccc(C(C)(C)C(=O)O)c3)c3ccccc3c2)c1.Cl. The summed E-state index contributed by atoms with van der Waals surface area (Å²) in [4.78, 5) is 11.9. The molecule has 0 aromatic heterocycles. The van der Waals surface area contributed by atoms with Gasteiger partial charge in [0.25, 0.3) is 0 Å². The number of carboxylic acids is 1. The van der Waals surface area contributed by atoms with Crippen molar-refractivity contribution in [1.82, 2.24) is 5.32 Å². The maximum atomic E-state index is 11.9. The molecule has 0 radical (unpaired) electrons. The summed E-state index contributed by atoms with van der Waals surface area (Å²) in [5.74, 6) is 0.0126. The lowest BCUT2D eigenvalue weighted by molar-refractivity contribution is -0.142. The molecule has 4 aromatic carbocycles. The van der Waals surface area contributed by atoms with Crippen molar-refractivity contribution in [2.24, 2.45) is 0 Å². The van der Waals surface area contributed by atoms with Gasteiger partial charge in [-0.2, -0.15) is 0 Å². The molecule has 4 nitrogen and oxygen atoms in total. The number of rotatable bonds is 8. The van der Waals surface area contributed by atoms with Crippen molar-refractivity contribution < 1.29 is 14.6 Å². The molecular formula is C31H34ClNO3. The number of hydrogen-bond donors (Lipinski definition) is 2. The minimum atomic E-state index is -0.968. The molecule has 36 heavy (non-hydrogen) atoms. The topological polar surface area (TPSA) is 58.6 Å². The fourth-order valence-corrected chi connectivity index (χ4v) is 4.50. The predicted molar refractivity (Wildman–Crippen MR) is 150 cm³/mol. The maximum absolute atomic E-state index is 11.9. The predicted octanol–water partition coefficient (Wildman–Crippen LogP) is 7.71. The normalized spacial score (nSPS) is 13.0. The van der Waals surface area contributed by atoms with Crippen LogP contribution in [0.25, 0.3) is 21.9 Å². The number of halogens is 1. The summed E-state index contributed by atoms with van der Waals surface area (Å²) >= 11 is 0. The van der Waals surface area contributed by atoms with Gasteiger partial charge in [0.2, 0.25) is 0 Å². The fraction of sp³-hybridized carbons (Fsp3) is 0.258. The summed E-state index contributed by atoms with van der Waals surface area (Å²) in [6.45, 7) is 7.82. The molecule has 0 aliphatic heterocycles. The molecule has 0 bridgehead atoms. The quantitative estimate of drug-likeness (QED) is 0.258. The van der Waals surface area contributed by atoms with E-state index in [0.29, 0.717) is 0 Å². The summed E-state index contributed by atoms with van der Waals surface area (Å²) in [7, 11) is 1.68. The van der Waals surface area contributed by atoms with Crippen molar-refractivity contribution in [3.8, 4) is 16.9 Å². The molecule has 5 heteroatoms. The molecule has 0 fully saturated rings. The van der Waals surface area contributed by atoms with Crippen LogP contribution in [0.5, 0.6) is 5.75 Å². The number of hydrogen-bond acceptors (Lipinski definition) is 3. The monoisotopic (exact) mass is 503 g/mol. The average molecular weight is 504 g/mol. The number of nitrogens with one attached hydrogen (secondary N) is 1. The van der Waals surface area contributed by atoms with E-state index >= 15 is 0 Å². The highest BCUT2D eigenvalue weighted by atomic mass is 35.5. The standard InChI is InChI=1S/C31H33NO3.ClH/c1-20(22-11-9-14-27(18-22)35-5)32-21(2)25-16-23-10-6-7-15-28(23)29(19-25)24-12-8-13-26(17-24)31(3,4)30(33)34;/h6-21,32H,1-5H3,(H,33,34);1H/t20-,21?;/m1./s1. The zero-order valence-corrected chi connectivity index (χ0v) is 22.2. The minimum Gasteiger partial charge on any atom is -0.497 e. The number of carbonyl (C=O) groups is 1. The maximum Gasteiger partial charge on any atom is 0.313 e. The second kappa shape index (κ2) is 11.2. The van der Waals surface area contributed by atoms with Crippen LogP contribution >= 0.6 is 12.4 Å². The molecule has 188 valence electrons. The van der Waals surface area contributed by atoms with Crippen LogP contribution < -0.4 is 10.1 Å². The van der Waals surface area contributed by atoms with Gasteiger partial charge in [-0.05, 0) is 90.6 Å². The van der Waals surface area contributed by atoms with Gasteiger partial charge in [-0.1, -0.05) is 60.7 Å². The largest absolute Gasteiger partial charge is 0.497 e. The van der Waals surface area contributed by atoms with Crippen LogP contribution in [0.2, 0.25) is 0 Å². The van der Waals surface area contributed by atoms with Crippen molar-refractivity contribution >= 4 is 29.1 Å². The van der Waals surface area contributed by atoms with Crippen LogP contribution in [0.1, 0.15) is 56.5 Å². The molecule has 0 spiro atoms. The zero-order valence-electron chi connectivity index (χ0n) is 21.4. The van der Waals surface area contributed by atoms with Crippen LogP contribution in [-0.4, -0.2) is 18.2 Å². The van der Waals surface area contributed by atoms with Crippen molar-refractivity contribution in [1.29, 1.82) is 0 Å². The summed E-state index contributed by atoms with van der Waals surface area (Å²) in [6.07, 6.45) is 0. The van der Waals surface area contributed by atoms with Crippen LogP contribution in [0.3, 0.4) is 0 Å². The Morgan fingerprint density at radius 1 is 0.861 bits per heavy atom. The van der Waals surface area contributed by atoms with Gasteiger partial charge < -0.3 is 15.2 Å². The number of fused-ring (bicyclic) bond motifs is 1. The third-order valence-corrected chi connectivity index (χ3v) is 6.91. The summed E-state index contributed by atoms with van der Waals surface area (Å²) in [6, 6.07) is 29.1. The van der Waals surface area contributed by atoms with E-state index in [-0.39, 0.29) is 24.5 Å². The Labute approximate surface area is 219 Å². The molecule has 4 rings (SSSR count). The van der Waals surface area contributed by atoms with E-state index in [2.05, 4.69) is 67.7 Å². The number of benzene rings is 4. The third-order valence-electron chi connectivity index (χ3n) is 6.91. The Morgan fingerprint density at radius 3 is 2.28 bits per heavy atom. The van der Waals surface area contributed by atoms with Gasteiger partial charge in [0, 0.05) is 12.1 Å². The molecule has 4 aromatic rings. The Kier molecular flexibility index (Phi) is 8.44. The molecule has 1 unspecified atom stereocenters. The minimum absolute atomic E-state index is 0. The second-order valence-electron chi connectivity index (χ2n) is 9.69. The fourth-order valence-electron chi connectivity index (χ4n) is 4.50. The van der Waals surface area contributed by atoms with Crippen LogP contribution in [-0.2, 0) is 10.2 Å². The average Bonchev–Trinajstić information content (AvgIpc) is 2.87. The van der Waals surface area contributed by atoms with E-state index < -0.39 is 11.4 Å².